The number of carbonyl (C=O) groups is 3. The highest BCUT2D eigenvalue weighted by atomic mass is 31.1. The van der Waals surface area contributed by atoms with Crippen molar-refractivity contribution in [2.24, 2.45) is 5.92 Å². The van der Waals surface area contributed by atoms with Crippen molar-refractivity contribution in [3.8, 4) is 0 Å². The van der Waals surface area contributed by atoms with Crippen LogP contribution in [0.5, 0.6) is 0 Å². The molecule has 0 rings (SSSR count). The van der Waals surface area contributed by atoms with Crippen LogP contribution in [-0.2, 0) is 28.4 Å². The molecule has 0 radical (unpaired) electrons. The zero-order valence-electron chi connectivity index (χ0n) is 14.6. The zero-order valence-corrected chi connectivity index (χ0v) is 15.5. The Kier molecular flexibility index (Phi) is 23.9. The molecule has 13 heteroatoms. The summed E-state index contributed by atoms with van der Waals surface area (Å²) in [6.07, 6.45) is -0.598. The van der Waals surface area contributed by atoms with E-state index in [2.05, 4.69) is 18.8 Å². The maximum Gasteiger partial charge on any atom is 0.307 e. The Bertz CT molecular complexity index is 388. The van der Waals surface area contributed by atoms with E-state index < -0.39 is 32.5 Å². The van der Waals surface area contributed by atoms with Gasteiger partial charge in [0.25, 0.3) is 14.7 Å². The molecule has 0 aliphatic carbocycles. The third kappa shape index (κ3) is 33.8. The van der Waals surface area contributed by atoms with E-state index in [1.807, 2.05) is 0 Å². The molecule has 0 spiro atoms. The van der Waals surface area contributed by atoms with Gasteiger partial charge in [0.15, 0.2) is 0 Å². The standard InChI is InChI=1S/C7H10O6.C6H15NO2.HO3P/c8-4-13-2-1-5(7(11)12)3-6(9)10;1-7(2)3-5-9-6-4-8;1-4(2)3/h4-5H,1-3H2,(H,9,10)(H,11,12);8H,3-6H2,1-2H3;(H,1,2,3)/p-1. The molecule has 0 fully saturated rings. The highest BCUT2D eigenvalue weighted by molar-refractivity contribution is 7.27. The lowest BCUT2D eigenvalue weighted by Crippen LogP contribution is -3.06. The largest absolute Gasteiger partial charge is 0.598 e. The molecule has 1 atom stereocenters. The summed E-state index contributed by atoms with van der Waals surface area (Å²) >= 11 is 0. The number of hydrogen-bond acceptors (Lipinski definition) is 10. The van der Waals surface area contributed by atoms with E-state index in [0.717, 1.165) is 13.2 Å². The quantitative estimate of drug-likeness (QED) is 0.160. The Morgan fingerprint density at radius 3 is 2.12 bits per heavy atom. The van der Waals surface area contributed by atoms with Gasteiger partial charge in [-0.25, -0.2) is 0 Å². The second-order valence-corrected chi connectivity index (χ2v) is 5.33. The van der Waals surface area contributed by atoms with Crippen LogP contribution in [0.1, 0.15) is 12.8 Å². The van der Waals surface area contributed by atoms with Gasteiger partial charge >= 0.3 is 5.97 Å². The molecule has 0 saturated heterocycles. The van der Waals surface area contributed by atoms with E-state index in [1.165, 1.54) is 4.90 Å². The van der Waals surface area contributed by atoms with Gasteiger partial charge in [0.05, 0.1) is 46.4 Å². The lowest BCUT2D eigenvalue weighted by Gasteiger charge is -2.11. The second-order valence-electron chi connectivity index (χ2n) is 4.88. The van der Waals surface area contributed by atoms with Crippen molar-refractivity contribution in [2.45, 2.75) is 12.8 Å². The second kappa shape index (κ2) is 21.4. The minimum absolute atomic E-state index is 0.0257. The molecule has 154 valence electrons. The Morgan fingerprint density at radius 2 is 1.77 bits per heavy atom. The molecule has 0 aromatic carbocycles. The number of quaternary nitrogens is 1. The summed E-state index contributed by atoms with van der Waals surface area (Å²) in [4.78, 5) is 48.5. The normalized spacial score (nSPS) is 10.5. The number of carboxylic acids is 2. The zero-order chi connectivity index (χ0) is 21.0. The summed E-state index contributed by atoms with van der Waals surface area (Å²) in [7, 11) is 0.773. The molecule has 3 N–H and O–H groups in total. The maximum atomic E-state index is 10.4. The summed E-state index contributed by atoms with van der Waals surface area (Å²) in [5.74, 6) is -3.73. The summed E-state index contributed by atoms with van der Waals surface area (Å²) in [6.45, 7) is 2.41. The Morgan fingerprint density at radius 1 is 1.23 bits per heavy atom. The summed E-state index contributed by atoms with van der Waals surface area (Å²) < 4.78 is 17.7. The Labute approximate surface area is 151 Å². The van der Waals surface area contributed by atoms with Gasteiger partial charge in [-0.1, -0.05) is 4.57 Å². The third-order valence-electron chi connectivity index (χ3n) is 2.40. The highest BCUT2D eigenvalue weighted by Gasteiger charge is 2.17. The number of ether oxygens (including phenoxy) is 2. The number of likely N-dealkylation sites (N-methyl/N-ethyl adjacent to an activating group) is 1. The number of hydrogen-bond donors (Lipinski definition) is 3. The Balaban J connectivity index is -0.000000352. The number of aliphatic carboxylic acids is 2. The van der Waals surface area contributed by atoms with Crippen molar-refractivity contribution in [1.82, 2.24) is 0 Å². The minimum Gasteiger partial charge on any atom is -0.598 e. The van der Waals surface area contributed by atoms with Gasteiger partial charge in [-0.15, -0.1) is 0 Å². The number of nitrogens with one attached hydrogen (secondary N) is 1. The monoisotopic (exact) mass is 402 g/mol. The van der Waals surface area contributed by atoms with E-state index in [4.69, 9.17) is 29.3 Å². The van der Waals surface area contributed by atoms with Gasteiger partial charge in [0.2, 0.25) is 0 Å². The summed E-state index contributed by atoms with van der Waals surface area (Å²) in [5.41, 5.74) is 0. The van der Waals surface area contributed by atoms with Crippen LogP contribution in [0.2, 0.25) is 0 Å². The molecule has 0 bridgehead atoms. The van der Waals surface area contributed by atoms with E-state index in [0.29, 0.717) is 6.61 Å². The maximum absolute atomic E-state index is 10.4. The SMILES string of the molecule is C[NH+](C)CCOCCO.O=COCCC(CC(=O)[O-])C(=O)O.O=[P+]([O-])[O-]. The van der Waals surface area contributed by atoms with Crippen LogP contribution >= 0.6 is 8.25 Å². The fourth-order valence-corrected chi connectivity index (χ4v) is 1.22. The van der Waals surface area contributed by atoms with Gasteiger partial charge in [-0.05, 0) is 6.42 Å². The molecule has 26 heavy (non-hydrogen) atoms. The average molecular weight is 402 g/mol. The predicted molar refractivity (Wildman–Crippen MR) is 80.6 cm³/mol. The molecule has 12 nitrogen and oxygen atoms in total. The molecule has 0 saturated carbocycles. The lowest BCUT2D eigenvalue weighted by atomic mass is 10.0. The highest BCUT2D eigenvalue weighted by Crippen LogP contribution is 2.07. The predicted octanol–water partition coefficient (Wildman–Crippen LogP) is -5.11. The van der Waals surface area contributed by atoms with E-state index in [9.17, 15) is 19.5 Å². The van der Waals surface area contributed by atoms with Crippen LogP contribution in [-0.4, -0.2) is 75.7 Å². The number of carboxylic acid groups (broad SMARTS) is 2. The van der Waals surface area contributed by atoms with Crippen LogP contribution in [0, 0.1) is 5.92 Å². The number of aliphatic hydroxyl groups is 1. The first-order valence-electron chi connectivity index (χ1n) is 7.35. The number of rotatable bonds is 12. The summed E-state index contributed by atoms with van der Waals surface area (Å²) in [5, 5.41) is 26.8. The number of aliphatic hydroxyl groups excluding tert-OH is 1. The molecule has 0 aromatic heterocycles. The molecule has 0 heterocycles. The van der Waals surface area contributed by atoms with Crippen LogP contribution in [0.4, 0.5) is 0 Å². The summed E-state index contributed by atoms with van der Waals surface area (Å²) in [6, 6.07) is 0. The van der Waals surface area contributed by atoms with Crippen molar-refractivity contribution >= 4 is 26.7 Å². The third-order valence-corrected chi connectivity index (χ3v) is 2.40. The lowest BCUT2D eigenvalue weighted by molar-refractivity contribution is -0.858. The van der Waals surface area contributed by atoms with Crippen molar-refractivity contribution in [3.05, 3.63) is 0 Å². The van der Waals surface area contributed by atoms with Crippen molar-refractivity contribution in [3.63, 3.8) is 0 Å². The molecule has 0 amide bonds. The topological polar surface area (TPSA) is 201 Å². The van der Waals surface area contributed by atoms with E-state index in [1.54, 1.807) is 0 Å². The average Bonchev–Trinajstić information content (AvgIpc) is 2.50. The van der Waals surface area contributed by atoms with Crippen molar-refractivity contribution in [2.75, 3.05) is 47.1 Å². The van der Waals surface area contributed by atoms with Gasteiger partial charge in [-0.2, -0.15) is 0 Å². The smallest absolute Gasteiger partial charge is 0.307 e. The molecule has 0 aliphatic heterocycles. The molecular weight excluding hydrogens is 377 g/mol. The Hall–Kier alpha value is -1.69. The minimum atomic E-state index is -3.37. The molecule has 0 aromatic rings. The van der Waals surface area contributed by atoms with Crippen LogP contribution in [0.3, 0.4) is 0 Å². The van der Waals surface area contributed by atoms with Gasteiger partial charge in [0, 0.05) is 12.4 Å². The van der Waals surface area contributed by atoms with Gasteiger partial charge in [0.1, 0.15) is 6.54 Å². The van der Waals surface area contributed by atoms with E-state index in [-0.39, 0.29) is 26.1 Å². The first-order valence-corrected chi connectivity index (χ1v) is 8.45. The van der Waals surface area contributed by atoms with Gasteiger partial charge in [-0.3, -0.25) is 9.59 Å². The molecule has 1 unspecified atom stereocenters. The van der Waals surface area contributed by atoms with Crippen LogP contribution < -0.4 is 19.8 Å². The molecule has 0 aliphatic rings. The van der Waals surface area contributed by atoms with Crippen molar-refractivity contribution < 1.29 is 58.4 Å². The first-order chi connectivity index (χ1) is 12.1. The molecular formula is C13H25NO11P-. The van der Waals surface area contributed by atoms with Crippen molar-refractivity contribution in [1.29, 1.82) is 0 Å². The first kappa shape index (κ1) is 29.1. The van der Waals surface area contributed by atoms with Crippen LogP contribution in [0.15, 0.2) is 0 Å². The van der Waals surface area contributed by atoms with Gasteiger partial charge < -0.3 is 44.3 Å². The van der Waals surface area contributed by atoms with Crippen LogP contribution in [0.25, 0.3) is 0 Å². The van der Waals surface area contributed by atoms with E-state index >= 15 is 0 Å². The fraction of sp³-hybridized carbons (Fsp3) is 0.769. The number of carbonyl (C=O) groups excluding carboxylic acids is 2. The fourth-order valence-electron chi connectivity index (χ4n) is 1.22.